The van der Waals surface area contributed by atoms with Crippen LogP contribution in [0.3, 0.4) is 0 Å². The second-order valence-corrected chi connectivity index (χ2v) is 6.37. The van der Waals surface area contributed by atoms with Crippen molar-refractivity contribution in [1.82, 2.24) is 5.32 Å². The largest absolute Gasteiger partial charge is 0.317 e. The summed E-state index contributed by atoms with van der Waals surface area (Å²) < 4.78 is 0. The molecule has 1 atom stereocenters. The van der Waals surface area contributed by atoms with Crippen LogP contribution in [0.5, 0.6) is 0 Å². The first-order valence-electron chi connectivity index (χ1n) is 6.98. The van der Waals surface area contributed by atoms with Gasteiger partial charge in [-0.15, -0.1) is 0 Å². The van der Waals surface area contributed by atoms with Gasteiger partial charge in [0.25, 0.3) is 0 Å². The smallest absolute Gasteiger partial charge is 0.00955 e. The highest BCUT2D eigenvalue weighted by Gasteiger charge is 2.24. The number of hydrogen-bond acceptors (Lipinski definition) is 2. The minimum atomic E-state index is 0.724. The van der Waals surface area contributed by atoms with Gasteiger partial charge in [-0.3, -0.25) is 0 Å². The predicted molar refractivity (Wildman–Crippen MR) is 76.6 cm³/mol. The molecule has 0 bridgehead atoms. The lowest BCUT2D eigenvalue weighted by Gasteiger charge is -2.32. The monoisotopic (exact) mass is 251 g/mol. The minimum Gasteiger partial charge on any atom is -0.317 e. The molecular formula is C15H25NS. The summed E-state index contributed by atoms with van der Waals surface area (Å²) in [6.45, 7) is 2.40. The number of thiophene rings is 1. The molecule has 2 rings (SSSR count). The van der Waals surface area contributed by atoms with Gasteiger partial charge in [0.05, 0.1) is 0 Å². The van der Waals surface area contributed by atoms with Crippen molar-refractivity contribution in [3.63, 3.8) is 0 Å². The first-order chi connectivity index (χ1) is 8.29. The third kappa shape index (κ3) is 3.82. The van der Waals surface area contributed by atoms with Gasteiger partial charge < -0.3 is 5.32 Å². The molecule has 1 heterocycles. The molecule has 1 aliphatic carbocycles. The zero-order valence-corrected chi connectivity index (χ0v) is 11.9. The Morgan fingerprint density at radius 1 is 1.35 bits per heavy atom. The maximum atomic E-state index is 3.55. The standard InChI is InChI=1S/C15H25NS/c1-12-3-6-14(7-4-12)15(16-2)8-5-13-9-10-17-11-13/h9-12,14-16H,3-8H2,1-2H3. The van der Waals surface area contributed by atoms with Gasteiger partial charge >= 0.3 is 0 Å². The number of aryl methyl sites for hydroxylation is 1. The average Bonchev–Trinajstić information content (AvgIpc) is 2.85. The van der Waals surface area contributed by atoms with Gasteiger partial charge in [-0.05, 0) is 67.0 Å². The highest BCUT2D eigenvalue weighted by atomic mass is 32.1. The molecule has 2 heteroatoms. The van der Waals surface area contributed by atoms with E-state index >= 15 is 0 Å². The van der Waals surface area contributed by atoms with Gasteiger partial charge in [0.2, 0.25) is 0 Å². The van der Waals surface area contributed by atoms with Crippen molar-refractivity contribution in [2.45, 2.75) is 51.5 Å². The molecule has 0 amide bonds. The van der Waals surface area contributed by atoms with Gasteiger partial charge in [-0.2, -0.15) is 11.3 Å². The van der Waals surface area contributed by atoms with Crippen LogP contribution in [0.2, 0.25) is 0 Å². The Labute approximate surface area is 110 Å². The first kappa shape index (κ1) is 13.1. The number of rotatable bonds is 5. The molecule has 1 unspecified atom stereocenters. The molecule has 1 aromatic rings. The van der Waals surface area contributed by atoms with Crippen LogP contribution in [0.4, 0.5) is 0 Å². The van der Waals surface area contributed by atoms with Crippen LogP contribution in [0, 0.1) is 11.8 Å². The molecule has 0 radical (unpaired) electrons. The molecule has 0 spiro atoms. The highest BCUT2D eigenvalue weighted by molar-refractivity contribution is 7.07. The minimum absolute atomic E-state index is 0.724. The Balaban J connectivity index is 1.80. The Hall–Kier alpha value is -0.340. The average molecular weight is 251 g/mol. The lowest BCUT2D eigenvalue weighted by molar-refractivity contribution is 0.229. The second-order valence-electron chi connectivity index (χ2n) is 5.59. The zero-order valence-electron chi connectivity index (χ0n) is 11.1. The van der Waals surface area contributed by atoms with E-state index in [0.717, 1.165) is 17.9 Å². The van der Waals surface area contributed by atoms with E-state index in [2.05, 4.69) is 36.1 Å². The summed E-state index contributed by atoms with van der Waals surface area (Å²) in [6.07, 6.45) is 8.25. The van der Waals surface area contributed by atoms with Crippen LogP contribution in [-0.2, 0) is 6.42 Å². The maximum Gasteiger partial charge on any atom is 0.00955 e. The van der Waals surface area contributed by atoms with Crippen LogP contribution in [-0.4, -0.2) is 13.1 Å². The fourth-order valence-corrected chi connectivity index (χ4v) is 3.76. The van der Waals surface area contributed by atoms with Crippen molar-refractivity contribution in [2.75, 3.05) is 7.05 Å². The summed E-state index contributed by atoms with van der Waals surface area (Å²) in [6, 6.07) is 2.99. The van der Waals surface area contributed by atoms with E-state index in [1.54, 1.807) is 0 Å². The molecule has 96 valence electrons. The van der Waals surface area contributed by atoms with Crippen LogP contribution < -0.4 is 5.32 Å². The van der Waals surface area contributed by atoms with Crippen molar-refractivity contribution in [3.8, 4) is 0 Å². The predicted octanol–water partition coefficient (Wildman–Crippen LogP) is 4.10. The van der Waals surface area contributed by atoms with Crippen molar-refractivity contribution < 1.29 is 0 Å². The summed E-state index contributed by atoms with van der Waals surface area (Å²) in [5.41, 5.74) is 1.51. The van der Waals surface area contributed by atoms with Crippen LogP contribution >= 0.6 is 11.3 Å². The third-order valence-electron chi connectivity index (χ3n) is 4.32. The van der Waals surface area contributed by atoms with Crippen molar-refractivity contribution in [1.29, 1.82) is 0 Å². The normalized spacial score (nSPS) is 26.9. The van der Waals surface area contributed by atoms with Gasteiger partial charge in [0, 0.05) is 6.04 Å². The Bertz CT molecular complexity index is 299. The Morgan fingerprint density at radius 2 is 2.12 bits per heavy atom. The fourth-order valence-electron chi connectivity index (χ4n) is 3.06. The third-order valence-corrected chi connectivity index (χ3v) is 5.06. The van der Waals surface area contributed by atoms with E-state index in [1.807, 2.05) is 11.3 Å². The van der Waals surface area contributed by atoms with Gasteiger partial charge in [0.15, 0.2) is 0 Å². The molecule has 1 nitrogen and oxygen atoms in total. The molecule has 0 saturated heterocycles. The lowest BCUT2D eigenvalue weighted by Crippen LogP contribution is -2.36. The van der Waals surface area contributed by atoms with E-state index in [9.17, 15) is 0 Å². The van der Waals surface area contributed by atoms with Crippen LogP contribution in [0.1, 0.15) is 44.6 Å². The molecular weight excluding hydrogens is 226 g/mol. The molecule has 1 aromatic heterocycles. The summed E-state index contributed by atoms with van der Waals surface area (Å²) in [7, 11) is 2.14. The molecule has 1 aliphatic rings. The van der Waals surface area contributed by atoms with Gasteiger partial charge in [0.1, 0.15) is 0 Å². The molecule has 1 N–H and O–H groups in total. The van der Waals surface area contributed by atoms with E-state index < -0.39 is 0 Å². The molecule has 17 heavy (non-hydrogen) atoms. The number of hydrogen-bond donors (Lipinski definition) is 1. The fraction of sp³-hybridized carbons (Fsp3) is 0.733. The van der Waals surface area contributed by atoms with Crippen molar-refractivity contribution >= 4 is 11.3 Å². The summed E-state index contributed by atoms with van der Waals surface area (Å²) in [4.78, 5) is 0. The zero-order chi connectivity index (χ0) is 12.1. The molecule has 0 aromatic carbocycles. The van der Waals surface area contributed by atoms with Gasteiger partial charge in [-0.1, -0.05) is 19.8 Å². The maximum absolute atomic E-state index is 3.55. The van der Waals surface area contributed by atoms with Crippen LogP contribution in [0.25, 0.3) is 0 Å². The van der Waals surface area contributed by atoms with E-state index in [4.69, 9.17) is 0 Å². The molecule has 1 saturated carbocycles. The lowest BCUT2D eigenvalue weighted by atomic mass is 9.78. The number of nitrogens with one attached hydrogen (secondary N) is 1. The van der Waals surface area contributed by atoms with E-state index in [-0.39, 0.29) is 0 Å². The highest BCUT2D eigenvalue weighted by Crippen LogP contribution is 2.31. The molecule has 1 fully saturated rings. The summed E-state index contributed by atoms with van der Waals surface area (Å²) in [5, 5.41) is 8.03. The Kier molecular flexibility index (Phi) is 5.05. The van der Waals surface area contributed by atoms with Crippen LogP contribution in [0.15, 0.2) is 16.8 Å². The van der Waals surface area contributed by atoms with Gasteiger partial charge in [-0.25, -0.2) is 0 Å². The van der Waals surface area contributed by atoms with Crippen molar-refractivity contribution in [2.24, 2.45) is 11.8 Å². The first-order valence-corrected chi connectivity index (χ1v) is 7.92. The second kappa shape index (κ2) is 6.55. The summed E-state index contributed by atoms with van der Waals surface area (Å²) >= 11 is 1.81. The quantitative estimate of drug-likeness (QED) is 0.831. The topological polar surface area (TPSA) is 12.0 Å². The summed E-state index contributed by atoms with van der Waals surface area (Å²) in [5.74, 6) is 1.87. The molecule has 0 aliphatic heterocycles. The van der Waals surface area contributed by atoms with E-state index in [0.29, 0.717) is 0 Å². The Morgan fingerprint density at radius 3 is 2.71 bits per heavy atom. The SMILES string of the molecule is CNC(CCc1ccsc1)C1CCC(C)CC1. The van der Waals surface area contributed by atoms with E-state index in [1.165, 1.54) is 44.1 Å². The van der Waals surface area contributed by atoms with Crippen molar-refractivity contribution in [3.05, 3.63) is 22.4 Å².